The summed E-state index contributed by atoms with van der Waals surface area (Å²) in [6.07, 6.45) is 6.72. The molecule has 2 aromatic heterocycles. The van der Waals surface area contributed by atoms with Gasteiger partial charge in [0, 0.05) is 74.8 Å². The Bertz CT molecular complexity index is 1150. The third kappa shape index (κ3) is 3.90. The van der Waals surface area contributed by atoms with Gasteiger partial charge in [-0.15, -0.1) is 0 Å². The molecule has 5 rings (SSSR count). The van der Waals surface area contributed by atoms with Crippen molar-refractivity contribution in [3.63, 3.8) is 0 Å². The van der Waals surface area contributed by atoms with E-state index < -0.39 is 0 Å². The van der Waals surface area contributed by atoms with E-state index in [0.29, 0.717) is 11.6 Å². The molecule has 0 unspecified atom stereocenters. The van der Waals surface area contributed by atoms with Crippen molar-refractivity contribution in [1.29, 1.82) is 0 Å². The van der Waals surface area contributed by atoms with Crippen LogP contribution in [0.15, 0.2) is 24.5 Å². The number of aromatic nitrogens is 4. The number of hydrogen-bond donors (Lipinski definition) is 0. The summed E-state index contributed by atoms with van der Waals surface area (Å²) in [5, 5.41) is 9.87. The van der Waals surface area contributed by atoms with Crippen LogP contribution in [0.25, 0.3) is 11.1 Å². The molecule has 32 heavy (non-hydrogen) atoms. The number of carbonyl (C=O) groups excluding carboxylic acids is 1. The van der Waals surface area contributed by atoms with E-state index in [1.165, 1.54) is 11.3 Å². The maximum absolute atomic E-state index is 12.0. The summed E-state index contributed by atoms with van der Waals surface area (Å²) in [7, 11) is 3.90. The molecule has 0 spiro atoms. The van der Waals surface area contributed by atoms with Gasteiger partial charge in [0.25, 0.3) is 0 Å². The molecule has 0 N–H and O–H groups in total. The highest BCUT2D eigenvalue weighted by molar-refractivity contribution is 6.33. The lowest BCUT2D eigenvalue weighted by Gasteiger charge is -2.33. The minimum absolute atomic E-state index is 0.110. The Labute approximate surface area is 194 Å². The third-order valence-corrected chi connectivity index (χ3v) is 6.54. The highest BCUT2D eigenvalue weighted by Crippen LogP contribution is 2.41. The molecule has 0 aliphatic carbocycles. The summed E-state index contributed by atoms with van der Waals surface area (Å²) in [5.41, 5.74) is 6.78. The van der Waals surface area contributed by atoms with E-state index in [1.807, 2.05) is 49.9 Å². The number of anilines is 2. The van der Waals surface area contributed by atoms with Crippen LogP contribution in [0, 0.1) is 0 Å². The van der Waals surface area contributed by atoms with Crippen molar-refractivity contribution < 1.29 is 4.79 Å². The molecule has 3 aromatic rings. The largest absolute Gasteiger partial charge is 0.338 e. The predicted molar refractivity (Wildman–Crippen MR) is 128 cm³/mol. The third-order valence-electron chi connectivity index (χ3n) is 6.22. The monoisotopic (exact) mass is 454 g/mol. The highest BCUT2D eigenvalue weighted by atomic mass is 35.5. The number of halogens is 1. The maximum Gasteiger partial charge on any atom is 0.219 e. The average molecular weight is 455 g/mol. The first-order chi connectivity index (χ1) is 15.4. The van der Waals surface area contributed by atoms with E-state index in [9.17, 15) is 4.79 Å². The number of nitrogens with zero attached hydrogens (tertiary/aromatic N) is 6. The fraction of sp³-hybridized carbons (Fsp3) is 0.458. The van der Waals surface area contributed by atoms with Crippen LogP contribution in [0.1, 0.15) is 44.0 Å². The fourth-order valence-electron chi connectivity index (χ4n) is 4.67. The van der Waals surface area contributed by atoms with Gasteiger partial charge in [-0.3, -0.25) is 14.2 Å². The zero-order valence-electron chi connectivity index (χ0n) is 19.5. The van der Waals surface area contributed by atoms with Gasteiger partial charge in [0.15, 0.2) is 5.82 Å². The Morgan fingerprint density at radius 2 is 1.91 bits per heavy atom. The molecular weight excluding hydrogens is 424 g/mol. The molecule has 2 aliphatic heterocycles. The van der Waals surface area contributed by atoms with Crippen LogP contribution in [0.3, 0.4) is 0 Å². The van der Waals surface area contributed by atoms with Crippen LogP contribution in [0.5, 0.6) is 0 Å². The van der Waals surface area contributed by atoms with Crippen molar-refractivity contribution in [3.05, 3.63) is 46.4 Å². The Kier molecular flexibility index (Phi) is 6.29. The SMILES string of the molecule is CC.CC(=O)N1CCc2c(c(N3CCCc4cc(-c5cnn(C)c5)c(Cl)cc43)nn2C)C1. The van der Waals surface area contributed by atoms with Gasteiger partial charge in [-0.25, -0.2) is 0 Å². The second kappa shape index (κ2) is 8.98. The second-order valence-corrected chi connectivity index (χ2v) is 8.59. The molecule has 0 radical (unpaired) electrons. The lowest BCUT2D eigenvalue weighted by atomic mass is 9.96. The first-order valence-corrected chi connectivity index (χ1v) is 11.7. The maximum atomic E-state index is 12.0. The standard InChI is InChI=1S/C22H25ClN6O.C2H6/c1-14(30)28-8-6-20-18(13-28)22(25-27(20)3)29-7-4-5-15-9-17(19(23)10-21(15)29)16-11-24-26(2)12-16;1-2/h9-12H,4-8,13H2,1-3H3;1-2H3. The summed E-state index contributed by atoms with van der Waals surface area (Å²) >= 11 is 6.73. The summed E-state index contributed by atoms with van der Waals surface area (Å²) in [6.45, 7) is 7.88. The summed E-state index contributed by atoms with van der Waals surface area (Å²) < 4.78 is 3.76. The van der Waals surface area contributed by atoms with Gasteiger partial charge in [-0.2, -0.15) is 10.2 Å². The van der Waals surface area contributed by atoms with Crippen molar-refractivity contribution in [1.82, 2.24) is 24.5 Å². The van der Waals surface area contributed by atoms with Crippen LogP contribution < -0.4 is 4.90 Å². The van der Waals surface area contributed by atoms with Crippen molar-refractivity contribution in [2.45, 2.75) is 46.6 Å². The topological polar surface area (TPSA) is 59.2 Å². The zero-order valence-corrected chi connectivity index (χ0v) is 20.3. The highest BCUT2D eigenvalue weighted by Gasteiger charge is 2.30. The minimum Gasteiger partial charge on any atom is -0.338 e. The number of amides is 1. The Morgan fingerprint density at radius 1 is 1.12 bits per heavy atom. The van der Waals surface area contributed by atoms with E-state index in [1.54, 1.807) is 11.6 Å². The van der Waals surface area contributed by atoms with E-state index in [-0.39, 0.29) is 5.91 Å². The normalized spacial score (nSPS) is 15.1. The molecule has 0 saturated carbocycles. The van der Waals surface area contributed by atoms with Crippen LogP contribution in [-0.2, 0) is 38.3 Å². The number of fused-ring (bicyclic) bond motifs is 2. The number of carbonyl (C=O) groups is 1. The van der Waals surface area contributed by atoms with Crippen LogP contribution >= 0.6 is 11.6 Å². The summed E-state index contributed by atoms with van der Waals surface area (Å²) in [6, 6.07) is 4.25. The van der Waals surface area contributed by atoms with Gasteiger partial charge in [0.05, 0.1) is 17.8 Å². The van der Waals surface area contributed by atoms with E-state index in [0.717, 1.165) is 60.5 Å². The number of benzene rings is 1. The zero-order chi connectivity index (χ0) is 23.0. The van der Waals surface area contributed by atoms with Gasteiger partial charge in [-0.1, -0.05) is 25.4 Å². The molecule has 1 aromatic carbocycles. The average Bonchev–Trinajstić information content (AvgIpc) is 3.37. The molecule has 0 saturated heterocycles. The molecule has 7 nitrogen and oxygen atoms in total. The van der Waals surface area contributed by atoms with Crippen molar-refractivity contribution in [3.8, 4) is 11.1 Å². The van der Waals surface area contributed by atoms with Gasteiger partial charge in [-0.05, 0) is 30.5 Å². The molecule has 0 fully saturated rings. The number of aryl methyl sites for hydroxylation is 3. The first kappa shape index (κ1) is 22.4. The summed E-state index contributed by atoms with van der Waals surface area (Å²) in [5.74, 6) is 1.06. The first-order valence-electron chi connectivity index (χ1n) is 11.3. The Morgan fingerprint density at radius 3 is 2.59 bits per heavy atom. The number of rotatable bonds is 2. The fourth-order valence-corrected chi connectivity index (χ4v) is 4.93. The van der Waals surface area contributed by atoms with E-state index in [4.69, 9.17) is 16.7 Å². The Balaban J connectivity index is 0.00000119. The molecule has 1 amide bonds. The van der Waals surface area contributed by atoms with Crippen molar-refractivity contribution >= 4 is 29.0 Å². The molecule has 4 heterocycles. The van der Waals surface area contributed by atoms with Gasteiger partial charge >= 0.3 is 0 Å². The van der Waals surface area contributed by atoms with Crippen molar-refractivity contribution in [2.24, 2.45) is 14.1 Å². The van der Waals surface area contributed by atoms with Gasteiger partial charge < -0.3 is 9.80 Å². The lowest BCUT2D eigenvalue weighted by Crippen LogP contribution is -2.35. The van der Waals surface area contributed by atoms with Gasteiger partial charge in [0.2, 0.25) is 5.91 Å². The molecule has 2 aliphatic rings. The molecular formula is C24H31ClN6O. The Hall–Kier alpha value is -2.80. The van der Waals surface area contributed by atoms with E-state index >= 15 is 0 Å². The summed E-state index contributed by atoms with van der Waals surface area (Å²) in [4.78, 5) is 16.2. The number of hydrogen-bond acceptors (Lipinski definition) is 4. The molecule has 8 heteroatoms. The predicted octanol–water partition coefficient (Wildman–Crippen LogP) is 4.49. The van der Waals surface area contributed by atoms with Gasteiger partial charge in [0.1, 0.15) is 0 Å². The lowest BCUT2D eigenvalue weighted by molar-refractivity contribution is -0.129. The van der Waals surface area contributed by atoms with Crippen LogP contribution in [0.2, 0.25) is 5.02 Å². The van der Waals surface area contributed by atoms with Crippen LogP contribution in [-0.4, -0.2) is 43.5 Å². The van der Waals surface area contributed by atoms with E-state index in [2.05, 4.69) is 22.1 Å². The molecule has 170 valence electrons. The minimum atomic E-state index is 0.110. The molecule has 0 atom stereocenters. The quantitative estimate of drug-likeness (QED) is 0.572. The van der Waals surface area contributed by atoms with Crippen LogP contribution in [0.4, 0.5) is 11.5 Å². The van der Waals surface area contributed by atoms with Crippen molar-refractivity contribution in [2.75, 3.05) is 18.0 Å². The second-order valence-electron chi connectivity index (χ2n) is 8.18. The molecule has 0 bridgehead atoms. The smallest absolute Gasteiger partial charge is 0.219 e.